The molecule has 0 bridgehead atoms. The summed E-state index contributed by atoms with van der Waals surface area (Å²) in [5.41, 5.74) is 0.147. The molecule has 0 radical (unpaired) electrons. The summed E-state index contributed by atoms with van der Waals surface area (Å²) in [5.74, 6) is 0.722. The predicted molar refractivity (Wildman–Crippen MR) is 86.5 cm³/mol. The van der Waals surface area contributed by atoms with Gasteiger partial charge >= 0.3 is 0 Å². The predicted octanol–water partition coefficient (Wildman–Crippen LogP) is 2.59. The Labute approximate surface area is 130 Å². The first-order valence-corrected chi connectivity index (χ1v) is 8.48. The summed E-state index contributed by atoms with van der Waals surface area (Å²) in [5, 5.41) is 13.4. The van der Waals surface area contributed by atoms with Gasteiger partial charge in [-0.15, -0.1) is 0 Å². The van der Waals surface area contributed by atoms with E-state index in [2.05, 4.69) is 33.0 Å². The third-order valence-electron chi connectivity index (χ3n) is 4.53. The molecule has 4 nitrogen and oxygen atoms in total. The monoisotopic (exact) mass is 301 g/mol. The molecule has 0 saturated heterocycles. The van der Waals surface area contributed by atoms with Crippen LogP contribution in [0, 0.1) is 11.3 Å². The zero-order valence-electron chi connectivity index (χ0n) is 14.5. The van der Waals surface area contributed by atoms with Crippen molar-refractivity contribution in [1.29, 1.82) is 0 Å². The van der Waals surface area contributed by atoms with Gasteiger partial charge in [0.15, 0.2) is 0 Å². The summed E-state index contributed by atoms with van der Waals surface area (Å²) in [6.45, 7) is 13.5. The van der Waals surface area contributed by atoms with Crippen LogP contribution in [0.25, 0.3) is 0 Å². The van der Waals surface area contributed by atoms with Gasteiger partial charge in [0.1, 0.15) is 0 Å². The fraction of sp³-hybridized carbons (Fsp3) is 1.00. The molecule has 3 unspecified atom stereocenters. The van der Waals surface area contributed by atoms with Crippen molar-refractivity contribution in [2.24, 2.45) is 11.3 Å². The van der Waals surface area contributed by atoms with Gasteiger partial charge in [-0.05, 0) is 32.1 Å². The Morgan fingerprint density at radius 3 is 2.62 bits per heavy atom. The van der Waals surface area contributed by atoms with Crippen LogP contribution < -0.4 is 5.32 Å². The van der Waals surface area contributed by atoms with E-state index in [0.29, 0.717) is 25.3 Å². The lowest BCUT2D eigenvalue weighted by Gasteiger charge is -2.52. The van der Waals surface area contributed by atoms with E-state index in [9.17, 15) is 5.11 Å². The molecular weight excluding hydrogens is 266 g/mol. The molecule has 0 amide bonds. The third kappa shape index (κ3) is 6.23. The van der Waals surface area contributed by atoms with Crippen LogP contribution in [0.4, 0.5) is 0 Å². The van der Waals surface area contributed by atoms with Crippen LogP contribution in [0.5, 0.6) is 0 Å². The maximum absolute atomic E-state index is 9.95. The summed E-state index contributed by atoms with van der Waals surface area (Å²) >= 11 is 0. The number of nitrogens with one attached hydrogen (secondary N) is 1. The Morgan fingerprint density at radius 2 is 2.05 bits per heavy atom. The molecule has 1 aliphatic rings. The quantitative estimate of drug-likeness (QED) is 0.576. The van der Waals surface area contributed by atoms with Gasteiger partial charge in [-0.1, -0.05) is 27.7 Å². The minimum absolute atomic E-state index is 0.147. The Balaban J connectivity index is 2.07. The van der Waals surface area contributed by atoms with Gasteiger partial charge in [0.25, 0.3) is 0 Å². The zero-order valence-corrected chi connectivity index (χ0v) is 14.5. The molecule has 0 aromatic rings. The first-order chi connectivity index (χ1) is 9.87. The van der Waals surface area contributed by atoms with Crippen LogP contribution in [0.3, 0.4) is 0 Å². The average molecular weight is 301 g/mol. The largest absolute Gasteiger partial charge is 0.389 e. The summed E-state index contributed by atoms with van der Waals surface area (Å²) in [7, 11) is 0. The molecule has 1 saturated carbocycles. The van der Waals surface area contributed by atoms with Gasteiger partial charge in [0.2, 0.25) is 0 Å². The van der Waals surface area contributed by atoms with Crippen LogP contribution in [0.1, 0.15) is 53.9 Å². The SMILES string of the molecule is CCOC1CC(NCC(O)COCCCC(C)C)C1(C)C. The van der Waals surface area contributed by atoms with Crippen LogP contribution >= 0.6 is 0 Å². The minimum atomic E-state index is -0.425. The van der Waals surface area contributed by atoms with Gasteiger partial charge in [-0.2, -0.15) is 0 Å². The van der Waals surface area contributed by atoms with Gasteiger partial charge in [-0.25, -0.2) is 0 Å². The van der Waals surface area contributed by atoms with Gasteiger partial charge in [0, 0.05) is 31.2 Å². The van der Waals surface area contributed by atoms with Crippen molar-refractivity contribution < 1.29 is 14.6 Å². The van der Waals surface area contributed by atoms with E-state index in [4.69, 9.17) is 9.47 Å². The molecule has 0 heterocycles. The fourth-order valence-electron chi connectivity index (χ4n) is 2.87. The molecule has 1 rings (SSSR count). The van der Waals surface area contributed by atoms with Crippen LogP contribution in [-0.2, 0) is 9.47 Å². The van der Waals surface area contributed by atoms with Crippen LogP contribution in [0.15, 0.2) is 0 Å². The van der Waals surface area contributed by atoms with Crippen molar-refractivity contribution in [3.8, 4) is 0 Å². The highest BCUT2D eigenvalue weighted by Gasteiger charge is 2.48. The number of aliphatic hydroxyl groups is 1. The van der Waals surface area contributed by atoms with E-state index in [1.54, 1.807) is 0 Å². The van der Waals surface area contributed by atoms with Crippen molar-refractivity contribution >= 4 is 0 Å². The molecule has 0 aromatic carbocycles. The maximum Gasteiger partial charge on any atom is 0.0897 e. The van der Waals surface area contributed by atoms with Crippen molar-refractivity contribution in [3.63, 3.8) is 0 Å². The second kappa shape index (κ2) is 9.09. The average Bonchev–Trinajstić information content (AvgIpc) is 2.41. The van der Waals surface area contributed by atoms with E-state index < -0.39 is 6.10 Å². The highest BCUT2D eigenvalue weighted by Crippen LogP contribution is 2.42. The van der Waals surface area contributed by atoms with E-state index in [0.717, 1.165) is 32.0 Å². The second-order valence-electron chi connectivity index (χ2n) is 7.23. The van der Waals surface area contributed by atoms with Crippen molar-refractivity contribution in [3.05, 3.63) is 0 Å². The number of aliphatic hydroxyl groups excluding tert-OH is 1. The summed E-state index contributed by atoms with van der Waals surface area (Å²) in [4.78, 5) is 0. The molecular formula is C17H35NO3. The van der Waals surface area contributed by atoms with E-state index in [1.807, 2.05) is 6.92 Å². The van der Waals surface area contributed by atoms with Gasteiger partial charge < -0.3 is 19.9 Å². The molecule has 0 aromatic heterocycles. The first-order valence-electron chi connectivity index (χ1n) is 8.48. The normalized spacial score (nSPS) is 25.9. The number of rotatable bonds is 11. The fourth-order valence-corrected chi connectivity index (χ4v) is 2.87. The highest BCUT2D eigenvalue weighted by atomic mass is 16.5. The third-order valence-corrected chi connectivity index (χ3v) is 4.53. The second-order valence-corrected chi connectivity index (χ2v) is 7.23. The molecule has 0 spiro atoms. The maximum atomic E-state index is 9.95. The molecule has 0 aliphatic heterocycles. The van der Waals surface area contributed by atoms with Crippen molar-refractivity contribution in [2.75, 3.05) is 26.4 Å². The molecule has 126 valence electrons. The zero-order chi connectivity index (χ0) is 15.9. The molecule has 1 fully saturated rings. The Kier molecular flexibility index (Phi) is 8.17. The Bertz CT molecular complexity index is 281. The Morgan fingerprint density at radius 1 is 1.33 bits per heavy atom. The van der Waals surface area contributed by atoms with Crippen molar-refractivity contribution in [1.82, 2.24) is 5.32 Å². The standard InChI is InChI=1S/C17H35NO3/c1-6-21-16-10-15(17(16,4)5)18-11-14(19)12-20-9-7-8-13(2)3/h13-16,18-19H,6-12H2,1-5H3. The minimum Gasteiger partial charge on any atom is -0.389 e. The summed E-state index contributed by atoms with van der Waals surface area (Å²) in [6.07, 6.45) is 3.20. The molecule has 21 heavy (non-hydrogen) atoms. The molecule has 1 aliphatic carbocycles. The summed E-state index contributed by atoms with van der Waals surface area (Å²) < 4.78 is 11.2. The first kappa shape index (κ1) is 18.9. The number of ether oxygens (including phenoxy) is 2. The topological polar surface area (TPSA) is 50.7 Å². The molecule has 3 atom stereocenters. The number of hydrogen-bond donors (Lipinski definition) is 2. The van der Waals surface area contributed by atoms with E-state index in [1.165, 1.54) is 6.42 Å². The van der Waals surface area contributed by atoms with Crippen LogP contribution in [0.2, 0.25) is 0 Å². The number of hydrogen-bond acceptors (Lipinski definition) is 4. The lowest BCUT2D eigenvalue weighted by Crippen LogP contribution is -2.61. The highest BCUT2D eigenvalue weighted by molar-refractivity contribution is 5.02. The molecule has 4 heteroatoms. The van der Waals surface area contributed by atoms with Gasteiger partial charge in [0.05, 0.1) is 18.8 Å². The van der Waals surface area contributed by atoms with Crippen LogP contribution in [-0.4, -0.2) is 49.7 Å². The van der Waals surface area contributed by atoms with Crippen molar-refractivity contribution in [2.45, 2.75) is 72.1 Å². The Hall–Kier alpha value is -0.160. The lowest BCUT2D eigenvalue weighted by molar-refractivity contribution is -0.116. The smallest absolute Gasteiger partial charge is 0.0897 e. The van der Waals surface area contributed by atoms with E-state index >= 15 is 0 Å². The van der Waals surface area contributed by atoms with E-state index in [-0.39, 0.29) is 5.41 Å². The lowest BCUT2D eigenvalue weighted by atomic mass is 9.64. The molecule has 2 N–H and O–H groups in total. The van der Waals surface area contributed by atoms with Gasteiger partial charge in [-0.3, -0.25) is 0 Å². The summed E-state index contributed by atoms with van der Waals surface area (Å²) in [6, 6.07) is 0.421.